The number of likely N-dealkylation sites (tertiary alicyclic amines) is 1. The van der Waals surface area contributed by atoms with Crippen LogP contribution >= 0.6 is 0 Å². The lowest BCUT2D eigenvalue weighted by atomic mass is 10.2. The summed E-state index contributed by atoms with van der Waals surface area (Å²) in [6.45, 7) is -0.175. The number of nitro benzene ring substituents is 1. The first-order valence-corrected chi connectivity index (χ1v) is 8.40. The van der Waals surface area contributed by atoms with Crippen LogP contribution in [-0.4, -0.2) is 51.8 Å². The Labute approximate surface area is 159 Å². The van der Waals surface area contributed by atoms with Gasteiger partial charge in [0.05, 0.1) is 30.0 Å². The second-order valence-electron chi connectivity index (χ2n) is 6.15. The Morgan fingerprint density at radius 1 is 1.36 bits per heavy atom. The molecule has 146 valence electrons. The minimum atomic E-state index is -0.939. The highest BCUT2D eigenvalue weighted by Crippen LogP contribution is 2.21. The second-order valence-corrected chi connectivity index (χ2v) is 6.15. The quantitative estimate of drug-likeness (QED) is 0.470. The molecule has 1 aliphatic rings. The number of β-amino-alcohol motifs (C(OH)–C–C–N with tert-alkyl or cyclic N) is 1. The van der Waals surface area contributed by atoms with Gasteiger partial charge in [-0.2, -0.15) is 0 Å². The van der Waals surface area contributed by atoms with Gasteiger partial charge in [-0.3, -0.25) is 19.8 Å². The monoisotopic (exact) mass is 387 g/mol. The third kappa shape index (κ3) is 4.60. The van der Waals surface area contributed by atoms with E-state index in [4.69, 9.17) is 9.15 Å². The number of aliphatic hydroxyl groups excluding tert-OH is 1. The molecule has 10 nitrogen and oxygen atoms in total. The van der Waals surface area contributed by atoms with Crippen molar-refractivity contribution in [3.05, 3.63) is 64.1 Å². The number of hydrogen-bond acceptors (Lipinski definition) is 7. The Hall–Kier alpha value is -3.53. The van der Waals surface area contributed by atoms with E-state index < -0.39 is 29.1 Å². The van der Waals surface area contributed by atoms with Gasteiger partial charge < -0.3 is 14.3 Å². The number of furan rings is 1. The van der Waals surface area contributed by atoms with E-state index in [0.29, 0.717) is 11.3 Å². The fourth-order valence-corrected chi connectivity index (χ4v) is 2.77. The maximum Gasteiger partial charge on any atom is 0.410 e. The maximum absolute atomic E-state index is 12.3. The Bertz CT molecular complexity index is 877. The van der Waals surface area contributed by atoms with Gasteiger partial charge in [-0.1, -0.05) is 0 Å². The number of nitrogens with zero attached hydrogens (tertiary/aromatic N) is 3. The molecule has 3 rings (SSSR count). The molecule has 1 aromatic carbocycles. The van der Waals surface area contributed by atoms with E-state index in [-0.39, 0.29) is 25.3 Å². The van der Waals surface area contributed by atoms with Crippen molar-refractivity contribution in [2.24, 2.45) is 4.99 Å². The van der Waals surface area contributed by atoms with Gasteiger partial charge in [-0.25, -0.2) is 9.79 Å². The van der Waals surface area contributed by atoms with Crippen LogP contribution in [0.25, 0.3) is 0 Å². The van der Waals surface area contributed by atoms with E-state index in [2.05, 4.69) is 4.99 Å². The Balaban J connectivity index is 1.60. The molecule has 1 N–H and O–H groups in total. The molecule has 0 spiro atoms. The molecule has 0 radical (unpaired) electrons. The van der Waals surface area contributed by atoms with Crippen LogP contribution in [0.5, 0.6) is 0 Å². The Kier molecular flexibility index (Phi) is 5.80. The molecule has 2 amide bonds. The van der Waals surface area contributed by atoms with Crippen LogP contribution in [0.1, 0.15) is 17.7 Å². The van der Waals surface area contributed by atoms with Crippen molar-refractivity contribution in [1.82, 2.24) is 4.90 Å². The van der Waals surface area contributed by atoms with Crippen molar-refractivity contribution in [3.63, 3.8) is 0 Å². The summed E-state index contributed by atoms with van der Waals surface area (Å²) in [7, 11) is 0. The normalized spacial score (nSPS) is 19.1. The van der Waals surface area contributed by atoms with Crippen LogP contribution in [0.3, 0.4) is 0 Å². The minimum Gasteiger partial charge on any atom is -0.463 e. The minimum absolute atomic E-state index is 0.0498. The third-order valence-electron chi connectivity index (χ3n) is 4.17. The number of benzene rings is 1. The Morgan fingerprint density at radius 3 is 2.75 bits per heavy atom. The first-order chi connectivity index (χ1) is 13.4. The number of rotatable bonds is 5. The molecular formula is C18H17N3O7. The van der Waals surface area contributed by atoms with E-state index in [9.17, 15) is 24.8 Å². The number of hydrogen-bond donors (Lipinski definition) is 1. The van der Waals surface area contributed by atoms with Crippen LogP contribution < -0.4 is 0 Å². The predicted molar refractivity (Wildman–Crippen MR) is 95.7 cm³/mol. The average molecular weight is 387 g/mol. The molecule has 1 saturated heterocycles. The summed E-state index contributed by atoms with van der Waals surface area (Å²) in [5.41, 5.74) is 0.482. The van der Waals surface area contributed by atoms with Crippen LogP contribution in [0, 0.1) is 10.1 Å². The van der Waals surface area contributed by atoms with E-state index in [1.54, 1.807) is 12.1 Å². The zero-order valence-corrected chi connectivity index (χ0v) is 14.6. The van der Waals surface area contributed by atoms with Gasteiger partial charge in [-0.15, -0.1) is 0 Å². The number of aliphatic hydroxyl groups is 1. The van der Waals surface area contributed by atoms with Crippen LogP contribution in [0.15, 0.2) is 52.1 Å². The summed E-state index contributed by atoms with van der Waals surface area (Å²) in [5.74, 6) is -0.209. The summed E-state index contributed by atoms with van der Waals surface area (Å²) in [5, 5.41) is 20.5. The number of carbonyl (C=O) groups excluding carboxylic acids is 2. The van der Waals surface area contributed by atoms with Crippen molar-refractivity contribution < 1.29 is 28.8 Å². The van der Waals surface area contributed by atoms with Gasteiger partial charge in [-0.05, 0) is 29.8 Å². The predicted octanol–water partition coefficient (Wildman–Crippen LogP) is 1.91. The number of ether oxygens (including phenoxy) is 1. The number of aliphatic imine (C=N–C) groups is 1. The van der Waals surface area contributed by atoms with Crippen molar-refractivity contribution in [2.75, 3.05) is 6.54 Å². The summed E-state index contributed by atoms with van der Waals surface area (Å²) < 4.78 is 10.2. The van der Waals surface area contributed by atoms with Crippen LogP contribution in [-0.2, 0) is 16.1 Å². The number of nitro groups is 1. The van der Waals surface area contributed by atoms with Gasteiger partial charge in [0.15, 0.2) is 0 Å². The molecule has 0 saturated carbocycles. The largest absolute Gasteiger partial charge is 0.463 e. The van der Waals surface area contributed by atoms with Gasteiger partial charge in [0, 0.05) is 18.6 Å². The van der Waals surface area contributed by atoms with Crippen molar-refractivity contribution in [2.45, 2.75) is 25.2 Å². The van der Waals surface area contributed by atoms with E-state index in [1.807, 2.05) is 0 Å². The summed E-state index contributed by atoms with van der Waals surface area (Å²) in [6.07, 6.45) is 1.10. The lowest BCUT2D eigenvalue weighted by molar-refractivity contribution is -0.384. The maximum atomic E-state index is 12.3. The van der Waals surface area contributed by atoms with Gasteiger partial charge in [0.1, 0.15) is 18.4 Å². The third-order valence-corrected chi connectivity index (χ3v) is 4.17. The topological polar surface area (TPSA) is 135 Å². The summed E-state index contributed by atoms with van der Waals surface area (Å²) in [4.78, 5) is 39.7. The van der Waals surface area contributed by atoms with E-state index >= 15 is 0 Å². The number of carbonyl (C=O) groups is 2. The summed E-state index contributed by atoms with van der Waals surface area (Å²) in [6, 6.07) is 7.88. The molecule has 1 fully saturated rings. The fourth-order valence-electron chi connectivity index (χ4n) is 2.77. The van der Waals surface area contributed by atoms with E-state index in [1.165, 1.54) is 36.7 Å². The van der Waals surface area contributed by atoms with Crippen LogP contribution in [0.2, 0.25) is 0 Å². The van der Waals surface area contributed by atoms with Crippen molar-refractivity contribution >= 4 is 23.9 Å². The number of non-ortho nitro benzene ring substituents is 1. The molecule has 2 heterocycles. The molecule has 0 unspecified atom stereocenters. The highest BCUT2D eigenvalue weighted by molar-refractivity contribution is 5.94. The lowest BCUT2D eigenvalue weighted by Crippen LogP contribution is -2.40. The zero-order valence-electron chi connectivity index (χ0n) is 14.6. The molecule has 1 aliphatic heterocycles. The molecule has 2 aromatic rings. The first-order valence-electron chi connectivity index (χ1n) is 8.40. The van der Waals surface area contributed by atoms with E-state index in [0.717, 1.165) is 4.90 Å². The standard InChI is InChI=1S/C18H17N3O7/c22-14-8-16(17(23)19-9-15-2-1-7-27-15)20(10-14)18(24)28-11-12-3-5-13(6-4-12)21(25)26/h1-7,9,14,16,22H,8,10-11H2/t14-,16+/m1/s1. The van der Waals surface area contributed by atoms with Gasteiger partial charge in [0.2, 0.25) is 0 Å². The van der Waals surface area contributed by atoms with Crippen molar-refractivity contribution in [3.8, 4) is 0 Å². The smallest absolute Gasteiger partial charge is 0.410 e. The average Bonchev–Trinajstić information content (AvgIpc) is 3.34. The fraction of sp³-hybridized carbons (Fsp3) is 0.278. The molecule has 1 aromatic heterocycles. The van der Waals surface area contributed by atoms with Gasteiger partial charge in [0.25, 0.3) is 11.6 Å². The highest BCUT2D eigenvalue weighted by atomic mass is 16.6. The molecule has 28 heavy (non-hydrogen) atoms. The molecule has 10 heteroatoms. The second kappa shape index (κ2) is 8.44. The molecule has 2 atom stereocenters. The van der Waals surface area contributed by atoms with Gasteiger partial charge >= 0.3 is 6.09 Å². The Morgan fingerprint density at radius 2 is 2.11 bits per heavy atom. The first kappa shape index (κ1) is 19.2. The molecule has 0 bridgehead atoms. The number of amides is 2. The highest BCUT2D eigenvalue weighted by Gasteiger charge is 2.39. The lowest BCUT2D eigenvalue weighted by Gasteiger charge is -2.21. The summed E-state index contributed by atoms with van der Waals surface area (Å²) >= 11 is 0. The SMILES string of the molecule is O=C(N=Cc1ccco1)[C@@H]1C[C@@H](O)CN1C(=O)OCc1ccc([N+](=O)[O-])cc1. The van der Waals surface area contributed by atoms with Crippen LogP contribution in [0.4, 0.5) is 10.5 Å². The zero-order chi connectivity index (χ0) is 20.1. The molecular weight excluding hydrogens is 370 g/mol. The molecule has 0 aliphatic carbocycles. The van der Waals surface area contributed by atoms with Crippen molar-refractivity contribution in [1.29, 1.82) is 0 Å².